The zero-order valence-corrected chi connectivity index (χ0v) is 23.9. The Morgan fingerprint density at radius 2 is 1.82 bits per heavy atom. The molecular formula is C31H40N4O5. The molecule has 4 amide bonds. The lowest BCUT2D eigenvalue weighted by Gasteiger charge is -2.35. The van der Waals surface area contributed by atoms with Crippen LogP contribution < -0.4 is 16.4 Å². The molecule has 1 aliphatic carbocycles. The minimum absolute atomic E-state index is 0.0379. The van der Waals surface area contributed by atoms with Gasteiger partial charge in [-0.25, -0.2) is 4.79 Å². The van der Waals surface area contributed by atoms with Crippen LogP contribution in [-0.2, 0) is 19.1 Å². The van der Waals surface area contributed by atoms with Crippen LogP contribution in [0.2, 0.25) is 0 Å². The zero-order chi connectivity index (χ0) is 29.6. The third-order valence-electron chi connectivity index (χ3n) is 6.74. The Kier molecular flexibility index (Phi) is 9.74. The van der Waals surface area contributed by atoms with Crippen LogP contribution in [0.1, 0.15) is 69.7 Å². The number of benzene rings is 2. The van der Waals surface area contributed by atoms with Gasteiger partial charge in [0.15, 0.2) is 0 Å². The van der Waals surface area contributed by atoms with E-state index in [1.807, 2.05) is 50.2 Å². The average Bonchev–Trinajstić information content (AvgIpc) is 3.60. The number of alkyl carbamates (subject to hydrolysis) is 1. The molecule has 0 bridgehead atoms. The third-order valence-corrected chi connectivity index (χ3v) is 6.74. The first-order valence-corrected chi connectivity index (χ1v) is 13.5. The molecule has 4 unspecified atom stereocenters. The smallest absolute Gasteiger partial charge is 0.408 e. The molecule has 9 heteroatoms. The van der Waals surface area contributed by atoms with Crippen LogP contribution in [0.4, 0.5) is 10.5 Å². The first-order valence-electron chi connectivity index (χ1n) is 13.5. The zero-order valence-electron chi connectivity index (χ0n) is 23.9. The molecule has 1 saturated carbocycles. The lowest BCUT2D eigenvalue weighted by Crippen LogP contribution is -2.53. The third kappa shape index (κ3) is 8.18. The van der Waals surface area contributed by atoms with Crippen LogP contribution in [0.15, 0.2) is 55.1 Å². The van der Waals surface area contributed by atoms with Gasteiger partial charge in [0.05, 0.1) is 0 Å². The molecule has 9 nitrogen and oxygen atoms in total. The number of hydrogen-bond acceptors (Lipinski definition) is 5. The topological polar surface area (TPSA) is 131 Å². The fraction of sp³-hybridized carbons (Fsp3) is 0.419. The minimum atomic E-state index is -1.13. The molecular weight excluding hydrogens is 508 g/mol. The summed E-state index contributed by atoms with van der Waals surface area (Å²) in [6, 6.07) is 12.3. The van der Waals surface area contributed by atoms with Gasteiger partial charge < -0.3 is 26.0 Å². The molecule has 0 aliphatic heterocycles. The quantitative estimate of drug-likeness (QED) is 0.374. The number of carbonyl (C=O) groups excluding carboxylic acids is 4. The number of primary amides is 1. The second-order valence-corrected chi connectivity index (χ2v) is 11.3. The molecule has 40 heavy (non-hydrogen) atoms. The van der Waals surface area contributed by atoms with Crippen LogP contribution in [0.25, 0.3) is 6.08 Å². The standard InChI is InChI=1S/C31H40N4O5/c1-7-21-12-10-13-22(18-21)27(28(37)33-23-14-9-8-11-19(23)2)35(25-17-20(25)3)29(38)24(15-16-26(32)36)34-30(39)40-31(4,5)6/h7-14,18,20,24-25,27H,1,15-17H2,2-6H3,(H2,32,36)(H,33,37)(H,34,39). The van der Waals surface area contributed by atoms with E-state index < -0.39 is 41.5 Å². The number of ether oxygens (including phenoxy) is 1. The number of anilines is 1. The number of nitrogens with two attached hydrogens (primary N) is 1. The van der Waals surface area contributed by atoms with E-state index in [0.29, 0.717) is 17.7 Å². The summed E-state index contributed by atoms with van der Waals surface area (Å²) >= 11 is 0. The Morgan fingerprint density at radius 3 is 2.40 bits per heavy atom. The Bertz CT molecular complexity index is 1270. The Hall–Kier alpha value is -4.14. The predicted octanol–water partition coefficient (Wildman–Crippen LogP) is 4.71. The maximum absolute atomic E-state index is 14.3. The Labute approximate surface area is 236 Å². The fourth-order valence-electron chi connectivity index (χ4n) is 4.55. The van der Waals surface area contributed by atoms with E-state index in [1.54, 1.807) is 43.9 Å². The number of rotatable bonds is 11. The van der Waals surface area contributed by atoms with Crippen LogP contribution in [-0.4, -0.2) is 46.4 Å². The summed E-state index contributed by atoms with van der Waals surface area (Å²) < 4.78 is 5.39. The molecule has 0 saturated heterocycles. The SMILES string of the molecule is C=Cc1cccc(C(C(=O)Nc2ccccc2C)N(C(=O)C(CCC(N)=O)NC(=O)OC(C)(C)C)C2CC2C)c1. The van der Waals surface area contributed by atoms with Crippen molar-refractivity contribution < 1.29 is 23.9 Å². The van der Waals surface area contributed by atoms with Crippen molar-refractivity contribution >= 4 is 35.6 Å². The van der Waals surface area contributed by atoms with Crippen molar-refractivity contribution in [3.8, 4) is 0 Å². The van der Waals surface area contributed by atoms with Crippen molar-refractivity contribution in [3.63, 3.8) is 0 Å². The second-order valence-electron chi connectivity index (χ2n) is 11.3. The number of nitrogens with zero attached hydrogens (tertiary/aromatic N) is 1. The lowest BCUT2D eigenvalue weighted by molar-refractivity contribution is -0.142. The van der Waals surface area contributed by atoms with E-state index in [9.17, 15) is 19.2 Å². The second kappa shape index (κ2) is 12.8. The highest BCUT2D eigenvalue weighted by Gasteiger charge is 2.48. The molecule has 0 spiro atoms. The molecule has 2 aromatic rings. The number of carbonyl (C=O) groups is 4. The van der Waals surface area contributed by atoms with Gasteiger partial charge in [-0.2, -0.15) is 0 Å². The summed E-state index contributed by atoms with van der Waals surface area (Å²) in [6.45, 7) is 12.9. The molecule has 0 aromatic heterocycles. The Balaban J connectivity index is 2.06. The number of nitrogens with one attached hydrogen (secondary N) is 2. The number of para-hydroxylation sites is 1. The normalized spacial score (nSPS) is 17.6. The van der Waals surface area contributed by atoms with Gasteiger partial charge in [-0.1, -0.05) is 56.0 Å². The first-order chi connectivity index (χ1) is 18.8. The van der Waals surface area contributed by atoms with Crippen LogP contribution >= 0.6 is 0 Å². The van der Waals surface area contributed by atoms with Gasteiger partial charge in [-0.15, -0.1) is 0 Å². The maximum Gasteiger partial charge on any atom is 0.408 e. The van der Waals surface area contributed by atoms with Gasteiger partial charge in [0.1, 0.15) is 17.7 Å². The highest BCUT2D eigenvalue weighted by Crippen LogP contribution is 2.41. The minimum Gasteiger partial charge on any atom is -0.444 e. The van der Waals surface area contributed by atoms with Crippen molar-refractivity contribution in [2.45, 2.75) is 77.6 Å². The number of hydrogen-bond donors (Lipinski definition) is 3. The van der Waals surface area contributed by atoms with Gasteiger partial charge in [0, 0.05) is 18.2 Å². The highest BCUT2D eigenvalue weighted by atomic mass is 16.6. The monoisotopic (exact) mass is 548 g/mol. The summed E-state index contributed by atoms with van der Waals surface area (Å²) in [5.41, 5.74) is 7.49. The molecule has 1 fully saturated rings. The number of aryl methyl sites for hydroxylation is 1. The van der Waals surface area contributed by atoms with E-state index >= 15 is 0 Å². The molecule has 0 radical (unpaired) electrons. The first kappa shape index (κ1) is 30.4. The molecule has 3 rings (SSSR count). The van der Waals surface area contributed by atoms with E-state index in [0.717, 1.165) is 11.1 Å². The van der Waals surface area contributed by atoms with E-state index in [4.69, 9.17) is 10.5 Å². The van der Waals surface area contributed by atoms with Gasteiger partial charge in [-0.05, 0) is 75.3 Å². The Morgan fingerprint density at radius 1 is 1.15 bits per heavy atom. The van der Waals surface area contributed by atoms with Crippen LogP contribution in [0.5, 0.6) is 0 Å². The van der Waals surface area contributed by atoms with Crippen molar-refractivity contribution in [2.75, 3.05) is 5.32 Å². The molecule has 4 atom stereocenters. The predicted molar refractivity (Wildman–Crippen MR) is 155 cm³/mol. The van der Waals surface area contributed by atoms with Gasteiger partial charge in [-0.3, -0.25) is 14.4 Å². The number of amides is 4. The summed E-state index contributed by atoms with van der Waals surface area (Å²) in [5, 5.41) is 5.62. The van der Waals surface area contributed by atoms with Crippen molar-refractivity contribution in [2.24, 2.45) is 11.7 Å². The van der Waals surface area contributed by atoms with E-state index in [1.165, 1.54) is 0 Å². The molecule has 2 aromatic carbocycles. The average molecular weight is 549 g/mol. The van der Waals surface area contributed by atoms with Gasteiger partial charge in [0.2, 0.25) is 11.8 Å². The van der Waals surface area contributed by atoms with Gasteiger partial charge >= 0.3 is 6.09 Å². The van der Waals surface area contributed by atoms with E-state index in [-0.39, 0.29) is 24.8 Å². The maximum atomic E-state index is 14.3. The summed E-state index contributed by atoms with van der Waals surface area (Å²) in [7, 11) is 0. The fourth-order valence-corrected chi connectivity index (χ4v) is 4.55. The highest BCUT2D eigenvalue weighted by molar-refractivity contribution is 5.99. The largest absolute Gasteiger partial charge is 0.444 e. The summed E-state index contributed by atoms with van der Waals surface area (Å²) in [4.78, 5) is 54.2. The van der Waals surface area contributed by atoms with E-state index in [2.05, 4.69) is 17.2 Å². The van der Waals surface area contributed by atoms with Crippen molar-refractivity contribution in [1.82, 2.24) is 10.2 Å². The van der Waals surface area contributed by atoms with Crippen LogP contribution in [0, 0.1) is 12.8 Å². The van der Waals surface area contributed by atoms with Gasteiger partial charge in [0.25, 0.3) is 5.91 Å². The molecule has 0 heterocycles. The van der Waals surface area contributed by atoms with Crippen molar-refractivity contribution in [3.05, 3.63) is 71.8 Å². The summed E-state index contributed by atoms with van der Waals surface area (Å²) in [5.74, 6) is -1.36. The lowest BCUT2D eigenvalue weighted by atomic mass is 9.99. The van der Waals surface area contributed by atoms with Crippen molar-refractivity contribution in [1.29, 1.82) is 0 Å². The molecule has 214 valence electrons. The molecule has 1 aliphatic rings. The van der Waals surface area contributed by atoms with Crippen LogP contribution in [0.3, 0.4) is 0 Å². The molecule has 4 N–H and O–H groups in total. The summed E-state index contributed by atoms with van der Waals surface area (Å²) in [6.07, 6.45) is 1.39.